The monoisotopic (exact) mass is 428 g/mol. The highest BCUT2D eigenvalue weighted by Crippen LogP contribution is 2.57. The molecular formula is C24H12O8. The molecule has 0 radical (unpaired) electrons. The summed E-state index contributed by atoms with van der Waals surface area (Å²) in [6.45, 7) is 0. The number of carbonyl (C=O) groups is 2. The normalized spacial score (nSPS) is 14.4. The Kier molecular flexibility index (Phi) is 3.11. The van der Waals surface area contributed by atoms with E-state index in [0.29, 0.717) is 5.39 Å². The second-order valence-electron chi connectivity index (χ2n) is 7.70. The van der Waals surface area contributed by atoms with E-state index in [4.69, 9.17) is 0 Å². The van der Waals surface area contributed by atoms with Crippen molar-refractivity contribution in [3.05, 3.63) is 64.4 Å². The van der Waals surface area contributed by atoms with E-state index in [1.54, 1.807) is 24.3 Å². The van der Waals surface area contributed by atoms with E-state index in [1.165, 1.54) is 6.07 Å². The van der Waals surface area contributed by atoms with Gasteiger partial charge in [-0.05, 0) is 22.9 Å². The average molecular weight is 428 g/mol. The average Bonchev–Trinajstić information content (AvgIpc) is 2.78. The smallest absolute Gasteiger partial charge is 0.232 e. The van der Waals surface area contributed by atoms with Crippen molar-refractivity contribution in [2.45, 2.75) is 0 Å². The number of hydrogen-bond donors (Lipinski definition) is 6. The lowest BCUT2D eigenvalue weighted by molar-refractivity contribution is 0.0974. The molecule has 32 heavy (non-hydrogen) atoms. The van der Waals surface area contributed by atoms with Crippen molar-refractivity contribution in [1.82, 2.24) is 0 Å². The van der Waals surface area contributed by atoms with Crippen LogP contribution in [0.25, 0.3) is 38.4 Å². The van der Waals surface area contributed by atoms with E-state index in [-0.39, 0.29) is 49.5 Å². The fourth-order valence-electron chi connectivity index (χ4n) is 4.86. The fraction of sp³-hybridized carbons (Fsp3) is 0. The molecule has 0 aliphatic heterocycles. The summed E-state index contributed by atoms with van der Waals surface area (Å²) >= 11 is 0. The second-order valence-corrected chi connectivity index (χ2v) is 7.70. The van der Waals surface area contributed by atoms with E-state index >= 15 is 0 Å². The lowest BCUT2D eigenvalue weighted by atomic mass is 9.74. The van der Waals surface area contributed by atoms with Gasteiger partial charge in [-0.25, -0.2) is 0 Å². The number of allylic oxidation sites excluding steroid dienone is 1. The number of phenolic OH excluding ortho intramolecular Hbond substituents is 4. The highest BCUT2D eigenvalue weighted by Gasteiger charge is 2.41. The van der Waals surface area contributed by atoms with Gasteiger partial charge in [-0.15, -0.1) is 0 Å². The van der Waals surface area contributed by atoms with Gasteiger partial charge in [0.2, 0.25) is 11.5 Å². The van der Waals surface area contributed by atoms with Gasteiger partial charge in [-0.1, -0.05) is 24.3 Å². The number of carbonyl (C=O) groups excluding carboxylic acids is 2. The lowest BCUT2D eigenvalue weighted by Gasteiger charge is -2.28. The standard InChI is InChI=1S/C24H12O8/c25-10-6-5-9-13-15-11(19(27)14(9)18(10)26)7-3-1-2-4-8(7)12-16(15)17(22(30)20(13)28)23(31)24(32)21(12)29/h1-6,25-26,28,30-32H. The quantitative estimate of drug-likeness (QED) is 0.160. The van der Waals surface area contributed by atoms with Crippen molar-refractivity contribution >= 4 is 38.9 Å². The number of rotatable bonds is 0. The van der Waals surface area contributed by atoms with Crippen LogP contribution in [0.5, 0.6) is 23.0 Å². The predicted molar refractivity (Wildman–Crippen MR) is 113 cm³/mol. The van der Waals surface area contributed by atoms with Crippen molar-refractivity contribution in [3.63, 3.8) is 0 Å². The van der Waals surface area contributed by atoms with Gasteiger partial charge in [-0.2, -0.15) is 0 Å². The molecule has 0 amide bonds. The van der Waals surface area contributed by atoms with Crippen LogP contribution in [0, 0.1) is 0 Å². The van der Waals surface area contributed by atoms with Gasteiger partial charge >= 0.3 is 0 Å². The van der Waals surface area contributed by atoms with Gasteiger partial charge in [-0.3, -0.25) is 9.59 Å². The molecule has 0 heterocycles. The third-order valence-corrected chi connectivity index (χ3v) is 6.20. The van der Waals surface area contributed by atoms with Gasteiger partial charge in [0.05, 0.1) is 11.1 Å². The number of aromatic hydroxyl groups is 4. The summed E-state index contributed by atoms with van der Waals surface area (Å²) in [5.74, 6) is -6.25. The maximum atomic E-state index is 13.6. The molecule has 0 bridgehead atoms. The van der Waals surface area contributed by atoms with Crippen LogP contribution in [0.1, 0.15) is 31.8 Å². The first-order valence-corrected chi connectivity index (χ1v) is 9.49. The number of aliphatic hydroxyl groups is 2. The molecule has 4 aromatic carbocycles. The van der Waals surface area contributed by atoms with Crippen LogP contribution < -0.4 is 0 Å². The molecule has 6 N–H and O–H groups in total. The van der Waals surface area contributed by atoms with Gasteiger partial charge in [0.1, 0.15) is 0 Å². The van der Waals surface area contributed by atoms with Crippen molar-refractivity contribution in [1.29, 1.82) is 0 Å². The number of phenols is 4. The van der Waals surface area contributed by atoms with Gasteiger partial charge in [0.25, 0.3) is 0 Å². The Balaban J connectivity index is 2.03. The van der Waals surface area contributed by atoms with E-state index in [2.05, 4.69) is 0 Å². The van der Waals surface area contributed by atoms with Crippen LogP contribution in [-0.2, 0) is 0 Å². The molecule has 6 rings (SSSR count). The van der Waals surface area contributed by atoms with E-state index in [9.17, 15) is 40.2 Å². The Morgan fingerprint density at radius 3 is 1.72 bits per heavy atom. The number of hydrogen-bond acceptors (Lipinski definition) is 8. The minimum Gasteiger partial charge on any atom is -0.504 e. The Hall–Kier alpha value is -4.72. The van der Waals surface area contributed by atoms with E-state index in [1.807, 2.05) is 0 Å². The highest BCUT2D eigenvalue weighted by atomic mass is 16.3. The molecule has 8 nitrogen and oxygen atoms in total. The molecule has 0 saturated heterocycles. The molecule has 0 saturated carbocycles. The molecule has 0 unspecified atom stereocenters. The molecule has 2 aliphatic rings. The summed E-state index contributed by atoms with van der Waals surface area (Å²) in [5.41, 5.74) is -0.689. The topological polar surface area (TPSA) is 156 Å². The fourth-order valence-corrected chi connectivity index (χ4v) is 4.86. The Morgan fingerprint density at radius 2 is 1.06 bits per heavy atom. The Labute approximate surface area is 178 Å². The van der Waals surface area contributed by atoms with Gasteiger partial charge in [0.15, 0.2) is 34.5 Å². The molecule has 0 aromatic heterocycles. The minimum absolute atomic E-state index is 0.00383. The SMILES string of the molecule is O=C1C(O)=C(O)c2c(O)c(O)c3c4c(c5ccccc5c1c24)C(=O)c1c-3ccc(O)c1O. The van der Waals surface area contributed by atoms with Crippen LogP contribution in [-0.4, -0.2) is 42.2 Å². The van der Waals surface area contributed by atoms with Crippen molar-refractivity contribution < 1.29 is 40.2 Å². The number of benzene rings is 4. The zero-order chi connectivity index (χ0) is 22.6. The molecule has 156 valence electrons. The van der Waals surface area contributed by atoms with Crippen molar-refractivity contribution in [2.75, 3.05) is 0 Å². The first-order valence-electron chi connectivity index (χ1n) is 9.49. The summed E-state index contributed by atoms with van der Waals surface area (Å²) in [6, 6.07) is 8.79. The highest BCUT2D eigenvalue weighted by molar-refractivity contribution is 6.40. The molecule has 2 aliphatic carbocycles. The van der Waals surface area contributed by atoms with Crippen molar-refractivity contribution in [3.8, 4) is 34.1 Å². The zero-order valence-electron chi connectivity index (χ0n) is 16.0. The molecule has 0 spiro atoms. The first kappa shape index (κ1) is 18.1. The number of fused-ring (bicyclic) bond motifs is 5. The molecule has 8 heteroatoms. The van der Waals surface area contributed by atoms with Crippen LogP contribution in [0.3, 0.4) is 0 Å². The number of aliphatic hydroxyl groups excluding tert-OH is 2. The zero-order valence-corrected chi connectivity index (χ0v) is 16.0. The molecular weight excluding hydrogens is 416 g/mol. The summed E-state index contributed by atoms with van der Waals surface area (Å²) in [5, 5.41) is 63.5. The maximum absolute atomic E-state index is 13.6. The lowest BCUT2D eigenvalue weighted by Crippen LogP contribution is -2.18. The summed E-state index contributed by atoms with van der Waals surface area (Å²) < 4.78 is 0. The second kappa shape index (κ2) is 5.50. The Morgan fingerprint density at radius 1 is 0.500 bits per heavy atom. The van der Waals surface area contributed by atoms with Crippen LogP contribution >= 0.6 is 0 Å². The predicted octanol–water partition coefficient (Wildman–Crippen LogP) is 4.01. The van der Waals surface area contributed by atoms with Gasteiger partial charge in [0, 0.05) is 33.0 Å². The maximum Gasteiger partial charge on any atom is 0.232 e. The first-order chi connectivity index (χ1) is 15.3. The summed E-state index contributed by atoms with van der Waals surface area (Å²) in [6.07, 6.45) is 0. The van der Waals surface area contributed by atoms with Crippen molar-refractivity contribution in [2.24, 2.45) is 0 Å². The molecule has 0 fully saturated rings. The Bertz CT molecular complexity index is 1660. The largest absolute Gasteiger partial charge is 0.504 e. The minimum atomic E-state index is -0.995. The third kappa shape index (κ3) is 1.79. The number of ketones is 2. The third-order valence-electron chi connectivity index (χ3n) is 6.20. The molecule has 0 atom stereocenters. The van der Waals surface area contributed by atoms with Gasteiger partial charge < -0.3 is 30.6 Å². The van der Waals surface area contributed by atoms with E-state index < -0.39 is 46.1 Å². The summed E-state index contributed by atoms with van der Waals surface area (Å²) in [4.78, 5) is 26.6. The van der Waals surface area contributed by atoms with Crippen LogP contribution in [0.2, 0.25) is 0 Å². The van der Waals surface area contributed by atoms with Crippen LogP contribution in [0.4, 0.5) is 0 Å². The number of Topliss-reactive ketones (excluding diaryl/α,β-unsaturated/α-hetero) is 1. The summed E-state index contributed by atoms with van der Waals surface area (Å²) in [7, 11) is 0. The molecule has 4 aromatic rings. The van der Waals surface area contributed by atoms with E-state index in [0.717, 1.165) is 6.07 Å². The van der Waals surface area contributed by atoms with Crippen LogP contribution in [0.15, 0.2) is 42.2 Å².